The first-order chi connectivity index (χ1) is 14.3. The van der Waals surface area contributed by atoms with Gasteiger partial charge in [0.1, 0.15) is 17.0 Å². The SMILES string of the molecule is Cc1ccc(CN2CCC(Nc3ncnc4sc(CC(F)(F)F)cc34)CC2)c(C)c1. The predicted molar refractivity (Wildman–Crippen MR) is 115 cm³/mol. The zero-order chi connectivity index (χ0) is 21.3. The minimum Gasteiger partial charge on any atom is -0.367 e. The number of aromatic nitrogens is 2. The molecule has 3 heterocycles. The summed E-state index contributed by atoms with van der Waals surface area (Å²) in [6.07, 6.45) is -1.78. The molecule has 1 aliphatic rings. The fraction of sp³-hybridized carbons (Fsp3) is 0.455. The van der Waals surface area contributed by atoms with Gasteiger partial charge in [-0.1, -0.05) is 23.8 Å². The lowest BCUT2D eigenvalue weighted by molar-refractivity contribution is -0.126. The number of halogens is 3. The van der Waals surface area contributed by atoms with Crippen LogP contribution >= 0.6 is 11.3 Å². The Morgan fingerprint density at radius 1 is 1.13 bits per heavy atom. The van der Waals surface area contributed by atoms with Gasteiger partial charge in [0.15, 0.2) is 0 Å². The number of aryl methyl sites for hydroxylation is 2. The van der Waals surface area contributed by atoms with Gasteiger partial charge in [0, 0.05) is 30.6 Å². The van der Waals surface area contributed by atoms with Crippen LogP contribution in [-0.2, 0) is 13.0 Å². The highest BCUT2D eigenvalue weighted by molar-refractivity contribution is 7.18. The Balaban J connectivity index is 1.38. The number of nitrogens with zero attached hydrogens (tertiary/aromatic N) is 3. The quantitative estimate of drug-likeness (QED) is 0.577. The molecule has 0 saturated carbocycles. The number of thiophene rings is 1. The van der Waals surface area contributed by atoms with E-state index in [-0.39, 0.29) is 10.9 Å². The second kappa shape index (κ2) is 8.51. The first-order valence-electron chi connectivity index (χ1n) is 10.1. The van der Waals surface area contributed by atoms with Crippen LogP contribution in [0.5, 0.6) is 0 Å². The van der Waals surface area contributed by atoms with Crippen molar-refractivity contribution in [1.82, 2.24) is 14.9 Å². The molecule has 4 rings (SSSR count). The van der Waals surface area contributed by atoms with Gasteiger partial charge < -0.3 is 5.32 Å². The largest absolute Gasteiger partial charge is 0.393 e. The number of fused-ring (bicyclic) bond motifs is 1. The van der Waals surface area contributed by atoms with Crippen LogP contribution in [0.3, 0.4) is 0 Å². The van der Waals surface area contributed by atoms with Gasteiger partial charge in [0.2, 0.25) is 0 Å². The molecule has 0 aliphatic carbocycles. The third-order valence-electron chi connectivity index (χ3n) is 5.58. The van der Waals surface area contributed by atoms with Crippen LogP contribution in [0.15, 0.2) is 30.6 Å². The van der Waals surface area contributed by atoms with Crippen LogP contribution in [0, 0.1) is 13.8 Å². The lowest BCUT2D eigenvalue weighted by Crippen LogP contribution is -2.38. The number of rotatable bonds is 5. The molecule has 0 radical (unpaired) electrons. The first kappa shape index (κ1) is 21.1. The van der Waals surface area contributed by atoms with Crippen molar-refractivity contribution in [2.75, 3.05) is 18.4 Å². The van der Waals surface area contributed by atoms with Gasteiger partial charge in [-0.2, -0.15) is 13.2 Å². The molecule has 160 valence electrons. The zero-order valence-electron chi connectivity index (χ0n) is 17.1. The summed E-state index contributed by atoms with van der Waals surface area (Å²) in [5.41, 5.74) is 3.97. The number of hydrogen-bond acceptors (Lipinski definition) is 5. The number of alkyl halides is 3. The topological polar surface area (TPSA) is 41.0 Å². The van der Waals surface area contributed by atoms with E-state index < -0.39 is 12.6 Å². The highest BCUT2D eigenvalue weighted by atomic mass is 32.1. The summed E-state index contributed by atoms with van der Waals surface area (Å²) in [5.74, 6) is 0.637. The molecule has 30 heavy (non-hydrogen) atoms. The Kier molecular flexibility index (Phi) is 5.97. The van der Waals surface area contributed by atoms with Crippen LogP contribution in [0.1, 0.15) is 34.4 Å². The highest BCUT2D eigenvalue weighted by Gasteiger charge is 2.29. The average Bonchev–Trinajstić information content (AvgIpc) is 3.07. The summed E-state index contributed by atoms with van der Waals surface area (Å²) in [4.78, 5) is 11.8. The molecular formula is C22H25F3N4S. The molecule has 1 aromatic carbocycles. The lowest BCUT2D eigenvalue weighted by Gasteiger charge is -2.33. The van der Waals surface area contributed by atoms with E-state index in [0.717, 1.165) is 43.8 Å². The Morgan fingerprint density at radius 2 is 1.90 bits per heavy atom. The van der Waals surface area contributed by atoms with Crippen molar-refractivity contribution in [2.24, 2.45) is 0 Å². The molecule has 0 bridgehead atoms. The van der Waals surface area contributed by atoms with Gasteiger partial charge >= 0.3 is 6.18 Å². The third kappa shape index (κ3) is 5.10. The van der Waals surface area contributed by atoms with Crippen molar-refractivity contribution in [3.05, 3.63) is 52.2 Å². The molecule has 0 spiro atoms. The van der Waals surface area contributed by atoms with Crippen LogP contribution in [0.4, 0.5) is 19.0 Å². The Hall–Kier alpha value is -2.19. The van der Waals surface area contributed by atoms with Crippen molar-refractivity contribution in [1.29, 1.82) is 0 Å². The second-order valence-electron chi connectivity index (χ2n) is 8.07. The second-order valence-corrected chi connectivity index (χ2v) is 9.19. The van der Waals surface area contributed by atoms with Crippen molar-refractivity contribution >= 4 is 27.4 Å². The van der Waals surface area contributed by atoms with E-state index in [9.17, 15) is 13.2 Å². The number of benzene rings is 1. The van der Waals surface area contributed by atoms with Gasteiger partial charge in [-0.25, -0.2) is 9.97 Å². The van der Waals surface area contributed by atoms with Gasteiger partial charge in [0.25, 0.3) is 0 Å². The van der Waals surface area contributed by atoms with Gasteiger partial charge in [0.05, 0.1) is 11.8 Å². The van der Waals surface area contributed by atoms with Gasteiger partial charge in [-0.3, -0.25) is 4.90 Å². The number of piperidine rings is 1. The minimum atomic E-state index is -4.22. The molecule has 2 aromatic heterocycles. The van der Waals surface area contributed by atoms with Gasteiger partial charge in [-0.15, -0.1) is 11.3 Å². The van der Waals surface area contributed by atoms with E-state index in [1.54, 1.807) is 6.07 Å². The molecule has 1 saturated heterocycles. The first-order valence-corrected chi connectivity index (χ1v) is 10.9. The van der Waals surface area contributed by atoms with E-state index in [1.165, 1.54) is 23.0 Å². The van der Waals surface area contributed by atoms with E-state index in [1.807, 2.05) is 0 Å². The monoisotopic (exact) mass is 434 g/mol. The number of nitrogens with one attached hydrogen (secondary N) is 1. The van der Waals surface area contributed by atoms with Gasteiger partial charge in [-0.05, 0) is 43.9 Å². The van der Waals surface area contributed by atoms with E-state index in [0.29, 0.717) is 16.0 Å². The molecule has 1 aliphatic heterocycles. The Labute approximate surface area is 178 Å². The Morgan fingerprint density at radius 3 is 2.60 bits per heavy atom. The lowest BCUT2D eigenvalue weighted by atomic mass is 10.0. The maximum absolute atomic E-state index is 12.7. The normalized spacial score (nSPS) is 16.3. The van der Waals surface area contributed by atoms with Crippen molar-refractivity contribution in [2.45, 2.75) is 51.9 Å². The molecule has 0 atom stereocenters. The van der Waals surface area contributed by atoms with Crippen molar-refractivity contribution < 1.29 is 13.2 Å². The molecule has 1 fully saturated rings. The zero-order valence-corrected chi connectivity index (χ0v) is 17.9. The molecular weight excluding hydrogens is 409 g/mol. The summed E-state index contributed by atoms with van der Waals surface area (Å²) in [7, 11) is 0. The smallest absolute Gasteiger partial charge is 0.367 e. The molecule has 0 unspecified atom stereocenters. The third-order valence-corrected chi connectivity index (χ3v) is 6.62. The summed E-state index contributed by atoms with van der Waals surface area (Å²) in [5, 5.41) is 4.13. The number of likely N-dealkylation sites (tertiary alicyclic amines) is 1. The highest BCUT2D eigenvalue weighted by Crippen LogP contribution is 2.33. The van der Waals surface area contributed by atoms with Crippen molar-refractivity contribution in [3.63, 3.8) is 0 Å². The molecule has 8 heteroatoms. The van der Waals surface area contributed by atoms with E-state index in [4.69, 9.17) is 0 Å². The predicted octanol–water partition coefficient (Wildman–Crippen LogP) is 5.49. The number of anilines is 1. The number of hydrogen-bond donors (Lipinski definition) is 1. The minimum absolute atomic E-state index is 0.254. The molecule has 4 nitrogen and oxygen atoms in total. The molecule has 1 N–H and O–H groups in total. The van der Waals surface area contributed by atoms with Crippen LogP contribution < -0.4 is 5.32 Å². The molecule has 0 amide bonds. The maximum Gasteiger partial charge on any atom is 0.393 e. The fourth-order valence-electron chi connectivity index (χ4n) is 4.00. The molecule has 3 aromatic rings. The summed E-state index contributed by atoms with van der Waals surface area (Å²) >= 11 is 1.08. The Bertz CT molecular complexity index is 1020. The van der Waals surface area contributed by atoms with Crippen LogP contribution in [0.25, 0.3) is 10.2 Å². The average molecular weight is 435 g/mol. The van der Waals surface area contributed by atoms with Crippen LogP contribution in [0.2, 0.25) is 0 Å². The van der Waals surface area contributed by atoms with E-state index >= 15 is 0 Å². The van der Waals surface area contributed by atoms with Crippen LogP contribution in [-0.4, -0.2) is 40.2 Å². The van der Waals surface area contributed by atoms with E-state index in [2.05, 4.69) is 52.2 Å². The fourth-order valence-corrected chi connectivity index (χ4v) is 5.02. The summed E-state index contributed by atoms with van der Waals surface area (Å²) < 4.78 is 38.2. The van der Waals surface area contributed by atoms with Crippen molar-refractivity contribution in [3.8, 4) is 0 Å². The summed E-state index contributed by atoms with van der Waals surface area (Å²) in [6.45, 7) is 7.16. The summed E-state index contributed by atoms with van der Waals surface area (Å²) in [6, 6.07) is 8.42. The standard InChI is InChI=1S/C22H25F3N4S/c1-14-3-4-16(15(2)9-14)12-29-7-5-17(6-8-29)28-20-19-10-18(11-22(23,24)25)30-21(19)27-13-26-20/h3-4,9-10,13,17H,5-8,11-12H2,1-2H3,(H,26,27,28). The maximum atomic E-state index is 12.7.